The van der Waals surface area contributed by atoms with E-state index in [4.69, 9.17) is 10.4 Å². The lowest BCUT2D eigenvalue weighted by Gasteiger charge is -2.08. The summed E-state index contributed by atoms with van der Waals surface area (Å²) in [4.78, 5) is 24.4. The number of carbonyl (C=O) groups is 2. The van der Waals surface area contributed by atoms with Gasteiger partial charge in [0.25, 0.3) is 11.8 Å². The third kappa shape index (κ3) is 10.5. The molecule has 0 heterocycles. The third-order valence-electron chi connectivity index (χ3n) is 4.31. The molecule has 2 aromatic rings. The van der Waals surface area contributed by atoms with Gasteiger partial charge in [-0.1, -0.05) is 88.0 Å². The van der Waals surface area contributed by atoms with Gasteiger partial charge in [-0.15, -0.1) is 0 Å². The first-order valence-electron chi connectivity index (χ1n) is 10.1. The summed E-state index contributed by atoms with van der Waals surface area (Å²) in [5.74, 6) is 0.460. The third-order valence-corrected chi connectivity index (χ3v) is 7.71. The molecule has 0 aromatic heterocycles. The van der Waals surface area contributed by atoms with Crippen molar-refractivity contribution >= 4 is 76.7 Å². The second-order valence-electron chi connectivity index (χ2n) is 6.86. The molecular formula is C22H24Br2N4O4S2. The van der Waals surface area contributed by atoms with Crippen LogP contribution in [0.5, 0.6) is 0 Å². The van der Waals surface area contributed by atoms with Gasteiger partial charge in [-0.2, -0.15) is 0 Å². The van der Waals surface area contributed by atoms with Gasteiger partial charge in [0.1, 0.15) is 11.4 Å². The minimum absolute atomic E-state index is 0.0441. The van der Waals surface area contributed by atoms with Gasteiger partial charge < -0.3 is 21.0 Å². The van der Waals surface area contributed by atoms with Crippen LogP contribution in [0.25, 0.3) is 0 Å². The van der Waals surface area contributed by atoms with E-state index in [1.165, 1.54) is 0 Å². The zero-order valence-corrected chi connectivity index (χ0v) is 22.8. The molecule has 182 valence electrons. The largest absolute Gasteiger partial charge is 0.410 e. The fourth-order valence-corrected chi connectivity index (χ4v) is 5.44. The van der Waals surface area contributed by atoms with E-state index < -0.39 is 11.8 Å². The van der Waals surface area contributed by atoms with Gasteiger partial charge in [-0.25, -0.2) is 0 Å². The maximum atomic E-state index is 12.2. The van der Waals surface area contributed by atoms with Gasteiger partial charge in [0.2, 0.25) is 0 Å². The summed E-state index contributed by atoms with van der Waals surface area (Å²) in [6, 6.07) is 14.9. The predicted octanol–water partition coefficient (Wildman–Crippen LogP) is 4.27. The Hall–Kier alpha value is -2.02. The molecule has 0 aliphatic rings. The van der Waals surface area contributed by atoms with Crippen LogP contribution >= 0.6 is 53.4 Å². The van der Waals surface area contributed by atoms with Crippen LogP contribution in [-0.4, -0.2) is 58.2 Å². The Kier molecular flexibility index (Phi) is 13.1. The van der Waals surface area contributed by atoms with Crippen molar-refractivity contribution < 1.29 is 20.0 Å². The Morgan fingerprint density at radius 3 is 1.53 bits per heavy atom. The second-order valence-corrected chi connectivity index (χ2v) is 11.4. The van der Waals surface area contributed by atoms with E-state index in [9.17, 15) is 9.59 Å². The van der Waals surface area contributed by atoms with Crippen molar-refractivity contribution in [3.63, 3.8) is 0 Å². The van der Waals surface area contributed by atoms with E-state index in [1.54, 1.807) is 21.6 Å². The van der Waals surface area contributed by atoms with Gasteiger partial charge in [-0.05, 0) is 35.4 Å². The fraction of sp³-hybridized carbons (Fsp3) is 0.273. The lowest BCUT2D eigenvalue weighted by Crippen LogP contribution is -2.34. The van der Waals surface area contributed by atoms with E-state index in [0.717, 1.165) is 20.1 Å². The topological polar surface area (TPSA) is 123 Å². The first-order chi connectivity index (χ1) is 16.4. The number of carbonyl (C=O) groups excluding carboxylic acids is 2. The molecule has 0 saturated heterocycles. The molecular weight excluding hydrogens is 608 g/mol. The molecule has 4 N–H and O–H groups in total. The highest BCUT2D eigenvalue weighted by atomic mass is 79.9. The Morgan fingerprint density at radius 2 is 1.18 bits per heavy atom. The monoisotopic (exact) mass is 630 g/mol. The van der Waals surface area contributed by atoms with Gasteiger partial charge in [0, 0.05) is 46.4 Å². The van der Waals surface area contributed by atoms with E-state index in [2.05, 4.69) is 52.8 Å². The molecule has 0 unspecified atom stereocenters. The molecule has 0 aliphatic carbocycles. The zero-order chi connectivity index (χ0) is 24.8. The molecule has 8 nitrogen and oxygen atoms in total. The molecule has 34 heavy (non-hydrogen) atoms. The summed E-state index contributed by atoms with van der Waals surface area (Å²) in [7, 11) is 3.10. The highest BCUT2D eigenvalue weighted by Gasteiger charge is 2.14. The zero-order valence-electron chi connectivity index (χ0n) is 18.0. The van der Waals surface area contributed by atoms with Gasteiger partial charge in [0.05, 0.1) is 0 Å². The average Bonchev–Trinajstić information content (AvgIpc) is 2.82. The van der Waals surface area contributed by atoms with Crippen LogP contribution < -0.4 is 10.6 Å². The number of amides is 2. The summed E-state index contributed by atoms with van der Waals surface area (Å²) < 4.78 is 1.77. The van der Waals surface area contributed by atoms with Crippen LogP contribution in [0.2, 0.25) is 0 Å². The molecule has 12 heteroatoms. The van der Waals surface area contributed by atoms with Crippen molar-refractivity contribution in [1.29, 1.82) is 0 Å². The quantitative estimate of drug-likeness (QED) is 0.0861. The number of hydrogen-bond donors (Lipinski definition) is 4. The second kappa shape index (κ2) is 15.8. The van der Waals surface area contributed by atoms with Crippen LogP contribution in [0.1, 0.15) is 11.1 Å². The van der Waals surface area contributed by atoms with Crippen molar-refractivity contribution in [2.75, 3.05) is 24.6 Å². The van der Waals surface area contributed by atoms with Crippen LogP contribution in [-0.2, 0) is 22.4 Å². The van der Waals surface area contributed by atoms with E-state index in [1.807, 2.05) is 48.5 Å². The summed E-state index contributed by atoms with van der Waals surface area (Å²) in [5.41, 5.74) is 1.80. The minimum atomic E-state index is -0.415. The number of nitrogens with one attached hydrogen (secondary N) is 2. The first kappa shape index (κ1) is 28.2. The Balaban J connectivity index is 1.59. The Morgan fingerprint density at radius 1 is 0.765 bits per heavy atom. The molecule has 0 bridgehead atoms. The number of nitrogens with zero attached hydrogens (tertiary/aromatic N) is 2. The highest BCUT2D eigenvalue weighted by molar-refractivity contribution is 9.10. The number of hydrogen-bond acceptors (Lipinski definition) is 8. The molecule has 2 aromatic carbocycles. The van der Waals surface area contributed by atoms with Crippen LogP contribution in [0.15, 0.2) is 67.8 Å². The molecule has 0 aliphatic heterocycles. The molecule has 0 saturated carbocycles. The average molecular weight is 632 g/mol. The van der Waals surface area contributed by atoms with Gasteiger partial charge >= 0.3 is 0 Å². The molecule has 0 fully saturated rings. The molecule has 0 atom stereocenters. The summed E-state index contributed by atoms with van der Waals surface area (Å²) in [6.07, 6.45) is 0.452. The van der Waals surface area contributed by atoms with Gasteiger partial charge in [0.15, 0.2) is 0 Å². The standard InChI is InChI=1S/C22H24Br2N4O4S2/c23-17-5-1-3-15(11-17)13-19(27-31)21(29)25-7-9-33-34-10-8-26-22(30)20(28-32)14-16-4-2-6-18(24)12-16/h1-6,11-12,31-32H,7-10,13-14H2,(H,25,29)(H,26,30)/b27-19+,28-20+. The van der Waals surface area contributed by atoms with Crippen molar-refractivity contribution in [3.8, 4) is 0 Å². The minimum Gasteiger partial charge on any atom is -0.410 e. The summed E-state index contributed by atoms with van der Waals surface area (Å²) in [6.45, 7) is 0.822. The fourth-order valence-electron chi connectivity index (χ4n) is 2.74. The van der Waals surface area contributed by atoms with E-state index in [-0.39, 0.29) is 24.3 Å². The maximum Gasteiger partial charge on any atom is 0.269 e. The van der Waals surface area contributed by atoms with Crippen molar-refractivity contribution in [3.05, 3.63) is 68.6 Å². The molecule has 2 rings (SSSR count). The number of rotatable bonds is 13. The smallest absolute Gasteiger partial charge is 0.269 e. The maximum absolute atomic E-state index is 12.2. The Bertz CT molecular complexity index is 956. The van der Waals surface area contributed by atoms with Crippen molar-refractivity contribution in [2.45, 2.75) is 12.8 Å². The van der Waals surface area contributed by atoms with Crippen molar-refractivity contribution in [2.24, 2.45) is 10.3 Å². The molecule has 2 amide bonds. The summed E-state index contributed by atoms with van der Waals surface area (Å²) in [5, 5.41) is 30.1. The Labute approximate surface area is 222 Å². The summed E-state index contributed by atoms with van der Waals surface area (Å²) >= 11 is 6.74. The lowest BCUT2D eigenvalue weighted by atomic mass is 10.1. The number of benzene rings is 2. The van der Waals surface area contributed by atoms with E-state index >= 15 is 0 Å². The normalized spacial score (nSPS) is 11.8. The lowest BCUT2D eigenvalue weighted by molar-refractivity contribution is -0.115. The van der Waals surface area contributed by atoms with Crippen molar-refractivity contribution in [1.82, 2.24) is 10.6 Å². The SMILES string of the molecule is O=C(NCCSSCCNC(=O)/C(Cc1cccc(Br)c1)=N/O)/C(Cc1cccc(Br)c1)=N/O. The van der Waals surface area contributed by atoms with Gasteiger partial charge in [-0.3, -0.25) is 9.59 Å². The number of oxime groups is 2. The predicted molar refractivity (Wildman–Crippen MR) is 145 cm³/mol. The van der Waals surface area contributed by atoms with Crippen LogP contribution in [0, 0.1) is 0 Å². The highest BCUT2D eigenvalue weighted by Crippen LogP contribution is 2.19. The molecule has 0 radical (unpaired) electrons. The van der Waals surface area contributed by atoms with Crippen LogP contribution in [0.3, 0.4) is 0 Å². The first-order valence-corrected chi connectivity index (χ1v) is 14.2. The molecule has 0 spiro atoms. The number of halogens is 2. The van der Waals surface area contributed by atoms with Crippen LogP contribution in [0.4, 0.5) is 0 Å². The van der Waals surface area contributed by atoms with E-state index in [0.29, 0.717) is 24.6 Å².